The first-order valence-corrected chi connectivity index (χ1v) is 9.89. The average molecular weight is 364 g/mol. The van der Waals surface area contributed by atoms with Crippen molar-refractivity contribution in [1.82, 2.24) is 0 Å². The van der Waals surface area contributed by atoms with Gasteiger partial charge in [0.15, 0.2) is 0 Å². The van der Waals surface area contributed by atoms with Crippen molar-refractivity contribution in [2.24, 2.45) is 0 Å². The Morgan fingerprint density at radius 3 is 1.82 bits per heavy atom. The summed E-state index contributed by atoms with van der Waals surface area (Å²) in [6, 6.07) is 22.4. The molecule has 0 atom stereocenters. The molecule has 0 unspecified atom stereocenters. The zero-order valence-electron chi connectivity index (χ0n) is 16.9. The number of fused-ring (bicyclic) bond motifs is 3. The molecule has 0 radical (unpaired) electrons. The van der Waals surface area contributed by atoms with E-state index in [1.807, 2.05) is 0 Å². The number of benzene rings is 3. The third kappa shape index (κ3) is 2.88. The Balaban J connectivity index is 1.54. The Hall–Kier alpha value is -3.06. The van der Waals surface area contributed by atoms with Gasteiger partial charge in [0.25, 0.3) is 0 Å². The van der Waals surface area contributed by atoms with Crippen LogP contribution in [0.3, 0.4) is 0 Å². The molecule has 0 N–H and O–H groups in total. The zero-order valence-corrected chi connectivity index (χ0v) is 16.9. The molecule has 1 aliphatic carbocycles. The van der Waals surface area contributed by atoms with Crippen LogP contribution < -0.4 is 0 Å². The minimum absolute atomic E-state index is 0.869. The van der Waals surface area contributed by atoms with Gasteiger partial charge in [-0.3, -0.25) is 0 Å². The maximum absolute atomic E-state index is 6.29. The molecule has 1 nitrogen and oxygen atoms in total. The van der Waals surface area contributed by atoms with Gasteiger partial charge in [-0.2, -0.15) is 0 Å². The van der Waals surface area contributed by atoms with Gasteiger partial charge in [-0.1, -0.05) is 64.7 Å². The second kappa shape index (κ2) is 6.24. The van der Waals surface area contributed by atoms with Gasteiger partial charge >= 0.3 is 0 Å². The van der Waals surface area contributed by atoms with E-state index in [0.717, 1.165) is 17.9 Å². The van der Waals surface area contributed by atoms with E-state index in [2.05, 4.69) is 88.4 Å². The summed E-state index contributed by atoms with van der Waals surface area (Å²) in [6.07, 6.45) is 0.869. The van der Waals surface area contributed by atoms with Crippen molar-refractivity contribution in [2.45, 2.75) is 34.1 Å². The van der Waals surface area contributed by atoms with Crippen molar-refractivity contribution in [2.75, 3.05) is 0 Å². The van der Waals surface area contributed by atoms with E-state index < -0.39 is 0 Å². The van der Waals surface area contributed by atoms with Gasteiger partial charge in [0, 0.05) is 17.5 Å². The lowest BCUT2D eigenvalue weighted by molar-refractivity contribution is 0.539. The molecule has 0 bridgehead atoms. The fourth-order valence-electron chi connectivity index (χ4n) is 4.54. The van der Waals surface area contributed by atoms with Crippen LogP contribution in [0, 0.1) is 27.7 Å². The summed E-state index contributed by atoms with van der Waals surface area (Å²) >= 11 is 0. The molecule has 1 aliphatic rings. The van der Waals surface area contributed by atoms with Gasteiger partial charge in [0.1, 0.15) is 11.5 Å². The SMILES string of the molecule is Cc1cc(C)cc(-c2ccc3c(c2)Cc2oc(-c4cc(C)cc(C)c4)cc2-3)c1. The topological polar surface area (TPSA) is 13.1 Å². The minimum Gasteiger partial charge on any atom is -0.460 e. The molecule has 0 aliphatic heterocycles. The van der Waals surface area contributed by atoms with Crippen LogP contribution in [0.4, 0.5) is 0 Å². The Bertz CT molecular complexity index is 1180. The molecular weight excluding hydrogens is 340 g/mol. The summed E-state index contributed by atoms with van der Waals surface area (Å²) in [4.78, 5) is 0. The number of hydrogen-bond donors (Lipinski definition) is 0. The maximum Gasteiger partial charge on any atom is 0.134 e. The number of aryl methyl sites for hydroxylation is 4. The van der Waals surface area contributed by atoms with Crippen LogP contribution in [0.5, 0.6) is 0 Å². The Morgan fingerprint density at radius 1 is 0.571 bits per heavy atom. The number of furan rings is 1. The zero-order chi connectivity index (χ0) is 19.4. The first-order chi connectivity index (χ1) is 13.5. The fraction of sp³-hybridized carbons (Fsp3) is 0.185. The van der Waals surface area contributed by atoms with Gasteiger partial charge < -0.3 is 4.42 Å². The third-order valence-corrected chi connectivity index (χ3v) is 5.62. The van der Waals surface area contributed by atoms with E-state index in [1.54, 1.807) is 0 Å². The van der Waals surface area contributed by atoms with Crippen molar-refractivity contribution in [3.05, 3.63) is 94.2 Å². The molecular formula is C27H24O. The van der Waals surface area contributed by atoms with Crippen LogP contribution in [0.2, 0.25) is 0 Å². The Labute approximate surface area is 166 Å². The number of hydrogen-bond acceptors (Lipinski definition) is 1. The first-order valence-electron chi connectivity index (χ1n) is 9.89. The van der Waals surface area contributed by atoms with E-state index in [4.69, 9.17) is 4.42 Å². The summed E-state index contributed by atoms with van der Waals surface area (Å²) in [5.74, 6) is 2.06. The Morgan fingerprint density at radius 2 is 1.18 bits per heavy atom. The van der Waals surface area contributed by atoms with Crippen LogP contribution in [-0.2, 0) is 6.42 Å². The minimum atomic E-state index is 0.869. The highest BCUT2D eigenvalue weighted by Crippen LogP contribution is 2.43. The van der Waals surface area contributed by atoms with E-state index in [9.17, 15) is 0 Å². The van der Waals surface area contributed by atoms with E-state index in [1.165, 1.54) is 55.6 Å². The number of rotatable bonds is 2. The van der Waals surface area contributed by atoms with E-state index in [-0.39, 0.29) is 0 Å². The molecule has 138 valence electrons. The standard InChI is InChI=1S/C27H24O/c1-16-7-17(2)10-21(9-16)20-5-6-24-22(13-20)14-27-25(24)15-26(28-27)23-11-18(3)8-19(4)12-23/h5-13,15H,14H2,1-4H3. The molecule has 0 saturated carbocycles. The van der Waals surface area contributed by atoms with Crippen molar-refractivity contribution >= 4 is 0 Å². The lowest BCUT2D eigenvalue weighted by Crippen LogP contribution is -1.87. The Kier molecular flexibility index (Phi) is 3.80. The smallest absolute Gasteiger partial charge is 0.134 e. The van der Waals surface area contributed by atoms with Crippen LogP contribution in [0.25, 0.3) is 33.6 Å². The average Bonchev–Trinajstić information content (AvgIpc) is 3.17. The summed E-state index contributed by atoms with van der Waals surface area (Å²) in [5.41, 5.74) is 12.8. The maximum atomic E-state index is 6.29. The molecule has 1 aromatic heterocycles. The summed E-state index contributed by atoms with van der Waals surface area (Å²) in [7, 11) is 0. The lowest BCUT2D eigenvalue weighted by atomic mass is 9.96. The van der Waals surface area contributed by atoms with E-state index in [0.29, 0.717) is 0 Å². The quantitative estimate of drug-likeness (QED) is 0.318. The third-order valence-electron chi connectivity index (χ3n) is 5.62. The fourth-order valence-corrected chi connectivity index (χ4v) is 4.54. The molecule has 5 rings (SSSR count). The molecule has 3 aromatic carbocycles. The largest absolute Gasteiger partial charge is 0.460 e. The molecule has 4 aromatic rings. The molecule has 1 heterocycles. The predicted molar refractivity (Wildman–Crippen MR) is 117 cm³/mol. The van der Waals surface area contributed by atoms with Gasteiger partial charge in [-0.05, 0) is 68.1 Å². The van der Waals surface area contributed by atoms with Gasteiger partial charge in [0.2, 0.25) is 0 Å². The monoisotopic (exact) mass is 364 g/mol. The summed E-state index contributed by atoms with van der Waals surface area (Å²) in [6.45, 7) is 8.59. The van der Waals surface area contributed by atoms with Crippen LogP contribution in [0.1, 0.15) is 33.6 Å². The molecule has 0 saturated heterocycles. The van der Waals surface area contributed by atoms with Crippen LogP contribution in [0.15, 0.2) is 65.1 Å². The lowest BCUT2D eigenvalue weighted by Gasteiger charge is -2.08. The van der Waals surface area contributed by atoms with Crippen LogP contribution in [-0.4, -0.2) is 0 Å². The highest BCUT2D eigenvalue weighted by Gasteiger charge is 2.24. The molecule has 0 amide bonds. The molecule has 28 heavy (non-hydrogen) atoms. The molecule has 1 heteroatoms. The van der Waals surface area contributed by atoms with E-state index >= 15 is 0 Å². The summed E-state index contributed by atoms with van der Waals surface area (Å²) in [5, 5.41) is 0. The normalized spacial score (nSPS) is 12.1. The van der Waals surface area contributed by atoms with Gasteiger partial charge in [-0.15, -0.1) is 0 Å². The first kappa shape index (κ1) is 17.1. The van der Waals surface area contributed by atoms with Crippen molar-refractivity contribution in [3.63, 3.8) is 0 Å². The van der Waals surface area contributed by atoms with Gasteiger partial charge in [-0.25, -0.2) is 0 Å². The van der Waals surface area contributed by atoms with Crippen molar-refractivity contribution in [3.8, 4) is 33.6 Å². The molecule has 0 fully saturated rings. The van der Waals surface area contributed by atoms with Crippen molar-refractivity contribution < 1.29 is 4.42 Å². The van der Waals surface area contributed by atoms with Crippen molar-refractivity contribution in [1.29, 1.82) is 0 Å². The molecule has 0 spiro atoms. The highest BCUT2D eigenvalue weighted by molar-refractivity contribution is 5.82. The second-order valence-electron chi connectivity index (χ2n) is 8.25. The second-order valence-corrected chi connectivity index (χ2v) is 8.25. The van der Waals surface area contributed by atoms with Gasteiger partial charge in [0.05, 0.1) is 0 Å². The summed E-state index contributed by atoms with van der Waals surface area (Å²) < 4.78 is 6.29. The highest BCUT2D eigenvalue weighted by atomic mass is 16.3. The predicted octanol–water partition coefficient (Wildman–Crippen LogP) is 7.42. The van der Waals surface area contributed by atoms with Crippen LogP contribution >= 0.6 is 0 Å².